The summed E-state index contributed by atoms with van der Waals surface area (Å²) >= 11 is 0. The molecule has 112 valence electrons. The molecule has 1 heterocycles. The minimum absolute atomic E-state index is 0.108. The highest BCUT2D eigenvalue weighted by Crippen LogP contribution is 2.27. The summed E-state index contributed by atoms with van der Waals surface area (Å²) in [7, 11) is -2.09. The summed E-state index contributed by atoms with van der Waals surface area (Å²) in [5.74, 6) is 0.366. The average Bonchev–Trinajstić information content (AvgIpc) is 2.64. The van der Waals surface area contributed by atoms with Gasteiger partial charge in [0.15, 0.2) is 0 Å². The first kappa shape index (κ1) is 15.1. The van der Waals surface area contributed by atoms with Gasteiger partial charge < -0.3 is 15.2 Å². The van der Waals surface area contributed by atoms with Crippen molar-refractivity contribution in [2.75, 3.05) is 32.5 Å². The van der Waals surface area contributed by atoms with Gasteiger partial charge in [0.25, 0.3) is 0 Å². The largest absolute Gasteiger partial charge is 0.495 e. The first-order valence-electron chi connectivity index (χ1n) is 6.50. The molecule has 2 N–H and O–H groups in total. The molecule has 0 aliphatic carbocycles. The number of hydrogen-bond acceptors (Lipinski definition) is 5. The van der Waals surface area contributed by atoms with Crippen LogP contribution in [-0.2, 0) is 14.8 Å². The van der Waals surface area contributed by atoms with E-state index < -0.39 is 10.0 Å². The van der Waals surface area contributed by atoms with E-state index in [1.807, 2.05) is 6.92 Å². The molecule has 0 bridgehead atoms. The van der Waals surface area contributed by atoms with E-state index in [4.69, 9.17) is 15.2 Å². The molecule has 0 amide bonds. The smallest absolute Gasteiger partial charge is 0.243 e. The van der Waals surface area contributed by atoms with Gasteiger partial charge >= 0.3 is 0 Å². The van der Waals surface area contributed by atoms with Gasteiger partial charge in [0.05, 0.1) is 23.8 Å². The fourth-order valence-electron chi connectivity index (χ4n) is 2.18. The highest BCUT2D eigenvalue weighted by molar-refractivity contribution is 7.89. The van der Waals surface area contributed by atoms with Crippen molar-refractivity contribution < 1.29 is 17.9 Å². The Morgan fingerprint density at radius 3 is 2.90 bits per heavy atom. The lowest BCUT2D eigenvalue weighted by Crippen LogP contribution is -2.35. The molecule has 2 rings (SSSR count). The Morgan fingerprint density at radius 2 is 2.20 bits per heavy atom. The standard InChI is InChI=1S/C13H20N2O4S/c1-10-9-15(6-3-7-19-10)20(16,17)11-4-5-12(14)13(8-11)18-2/h4-5,8,10H,3,6-7,9,14H2,1-2H3. The van der Waals surface area contributed by atoms with Crippen LogP contribution in [0.5, 0.6) is 5.75 Å². The van der Waals surface area contributed by atoms with Crippen LogP contribution in [0.1, 0.15) is 13.3 Å². The van der Waals surface area contributed by atoms with E-state index in [-0.39, 0.29) is 11.0 Å². The van der Waals surface area contributed by atoms with Gasteiger partial charge in [0, 0.05) is 25.8 Å². The second kappa shape index (κ2) is 5.99. The van der Waals surface area contributed by atoms with Crippen molar-refractivity contribution in [2.24, 2.45) is 0 Å². The Kier molecular flexibility index (Phi) is 4.52. The fraction of sp³-hybridized carbons (Fsp3) is 0.538. The molecule has 1 unspecified atom stereocenters. The number of rotatable bonds is 3. The van der Waals surface area contributed by atoms with Gasteiger partial charge in [-0.2, -0.15) is 4.31 Å². The normalized spacial score (nSPS) is 21.4. The minimum Gasteiger partial charge on any atom is -0.495 e. The predicted molar refractivity (Wildman–Crippen MR) is 76.2 cm³/mol. The highest BCUT2D eigenvalue weighted by Gasteiger charge is 2.28. The summed E-state index contributed by atoms with van der Waals surface area (Å²) in [6.45, 7) is 3.27. The Labute approximate surface area is 119 Å². The molecule has 1 saturated heterocycles. The molecule has 1 aliphatic rings. The van der Waals surface area contributed by atoms with E-state index in [9.17, 15) is 8.42 Å². The monoisotopic (exact) mass is 300 g/mol. The zero-order valence-corrected chi connectivity index (χ0v) is 12.5. The van der Waals surface area contributed by atoms with Crippen LogP contribution < -0.4 is 10.5 Å². The maximum atomic E-state index is 12.6. The third-order valence-electron chi connectivity index (χ3n) is 3.26. The number of benzene rings is 1. The Morgan fingerprint density at radius 1 is 1.45 bits per heavy atom. The molecular weight excluding hydrogens is 280 g/mol. The van der Waals surface area contributed by atoms with Crippen molar-refractivity contribution in [3.63, 3.8) is 0 Å². The molecule has 0 spiro atoms. The number of methoxy groups -OCH3 is 1. The van der Waals surface area contributed by atoms with E-state index in [0.29, 0.717) is 37.6 Å². The van der Waals surface area contributed by atoms with Crippen LogP contribution in [0.4, 0.5) is 5.69 Å². The molecule has 1 atom stereocenters. The van der Waals surface area contributed by atoms with Gasteiger partial charge in [-0.3, -0.25) is 0 Å². The van der Waals surface area contributed by atoms with Crippen LogP contribution >= 0.6 is 0 Å². The third kappa shape index (κ3) is 3.05. The quantitative estimate of drug-likeness (QED) is 0.845. The van der Waals surface area contributed by atoms with Gasteiger partial charge in [0.2, 0.25) is 10.0 Å². The van der Waals surface area contributed by atoms with E-state index in [1.54, 1.807) is 6.07 Å². The van der Waals surface area contributed by atoms with E-state index in [0.717, 1.165) is 0 Å². The maximum Gasteiger partial charge on any atom is 0.243 e. The zero-order chi connectivity index (χ0) is 14.8. The molecule has 0 saturated carbocycles. The minimum atomic E-state index is -3.55. The molecule has 1 aliphatic heterocycles. The summed E-state index contributed by atoms with van der Waals surface area (Å²) in [5, 5.41) is 0. The summed E-state index contributed by atoms with van der Waals surface area (Å²) < 4.78 is 37.3. The lowest BCUT2D eigenvalue weighted by atomic mass is 10.3. The average molecular weight is 300 g/mol. The molecule has 0 radical (unpaired) electrons. The molecule has 6 nitrogen and oxygen atoms in total. The highest BCUT2D eigenvalue weighted by atomic mass is 32.2. The van der Waals surface area contributed by atoms with Crippen LogP contribution in [0, 0.1) is 0 Å². The second-order valence-electron chi connectivity index (χ2n) is 4.80. The first-order chi connectivity index (χ1) is 9.45. The topological polar surface area (TPSA) is 81.9 Å². The molecular formula is C13H20N2O4S. The van der Waals surface area contributed by atoms with Crippen molar-refractivity contribution in [3.8, 4) is 5.75 Å². The molecule has 1 aromatic rings. The predicted octanol–water partition coefficient (Wildman–Crippen LogP) is 1.08. The molecule has 0 aromatic heterocycles. The zero-order valence-electron chi connectivity index (χ0n) is 11.7. The van der Waals surface area contributed by atoms with Gasteiger partial charge in [-0.25, -0.2) is 8.42 Å². The van der Waals surface area contributed by atoms with Crippen molar-refractivity contribution in [1.82, 2.24) is 4.31 Å². The third-order valence-corrected chi connectivity index (χ3v) is 5.12. The Bertz CT molecular complexity index is 574. The summed E-state index contributed by atoms with van der Waals surface area (Å²) in [5.41, 5.74) is 6.13. The number of hydrogen-bond donors (Lipinski definition) is 1. The first-order valence-corrected chi connectivity index (χ1v) is 7.94. The van der Waals surface area contributed by atoms with Crippen molar-refractivity contribution >= 4 is 15.7 Å². The van der Waals surface area contributed by atoms with Gasteiger partial charge in [0.1, 0.15) is 5.75 Å². The summed E-state index contributed by atoms with van der Waals surface area (Å²) in [6, 6.07) is 4.51. The Balaban J connectivity index is 2.33. The fourth-order valence-corrected chi connectivity index (χ4v) is 3.75. The SMILES string of the molecule is COc1cc(S(=O)(=O)N2CCCOC(C)C2)ccc1N. The molecule has 1 aromatic carbocycles. The van der Waals surface area contributed by atoms with Crippen molar-refractivity contribution in [1.29, 1.82) is 0 Å². The van der Waals surface area contributed by atoms with Crippen LogP contribution in [0.3, 0.4) is 0 Å². The number of ether oxygens (including phenoxy) is 2. The van der Waals surface area contributed by atoms with Crippen molar-refractivity contribution in [2.45, 2.75) is 24.3 Å². The number of nitrogens with zero attached hydrogens (tertiary/aromatic N) is 1. The second-order valence-corrected chi connectivity index (χ2v) is 6.74. The van der Waals surface area contributed by atoms with E-state index >= 15 is 0 Å². The molecule has 7 heteroatoms. The van der Waals surface area contributed by atoms with Gasteiger partial charge in [-0.1, -0.05) is 0 Å². The Hall–Kier alpha value is -1.31. The van der Waals surface area contributed by atoms with Crippen LogP contribution in [-0.4, -0.2) is 45.6 Å². The lowest BCUT2D eigenvalue weighted by Gasteiger charge is -2.22. The maximum absolute atomic E-state index is 12.6. The molecule has 20 heavy (non-hydrogen) atoms. The van der Waals surface area contributed by atoms with E-state index in [2.05, 4.69) is 0 Å². The number of anilines is 1. The summed E-state index contributed by atoms with van der Waals surface area (Å²) in [4.78, 5) is 0.192. The summed E-state index contributed by atoms with van der Waals surface area (Å²) in [6.07, 6.45) is 0.582. The number of nitrogen functional groups attached to an aromatic ring is 1. The number of nitrogens with two attached hydrogens (primary N) is 1. The van der Waals surface area contributed by atoms with Crippen LogP contribution in [0.25, 0.3) is 0 Å². The van der Waals surface area contributed by atoms with Gasteiger partial charge in [-0.15, -0.1) is 0 Å². The number of sulfonamides is 1. The van der Waals surface area contributed by atoms with Gasteiger partial charge in [-0.05, 0) is 25.5 Å². The molecule has 1 fully saturated rings. The van der Waals surface area contributed by atoms with Crippen LogP contribution in [0.15, 0.2) is 23.1 Å². The van der Waals surface area contributed by atoms with Crippen LogP contribution in [0.2, 0.25) is 0 Å². The lowest BCUT2D eigenvalue weighted by molar-refractivity contribution is 0.0752. The van der Waals surface area contributed by atoms with Crippen molar-refractivity contribution in [3.05, 3.63) is 18.2 Å². The van der Waals surface area contributed by atoms with E-state index in [1.165, 1.54) is 23.5 Å².